The summed E-state index contributed by atoms with van der Waals surface area (Å²) in [7, 11) is 1.45. The topological polar surface area (TPSA) is 88.6 Å². The van der Waals surface area contributed by atoms with Crippen LogP contribution in [0, 0.1) is 6.92 Å². The van der Waals surface area contributed by atoms with E-state index in [1.807, 2.05) is 19.1 Å². The van der Waals surface area contributed by atoms with E-state index in [0.717, 1.165) is 36.4 Å². The molecule has 0 bridgehead atoms. The molecule has 1 heterocycles. The van der Waals surface area contributed by atoms with Crippen LogP contribution in [0.25, 0.3) is 11.3 Å². The van der Waals surface area contributed by atoms with Crippen molar-refractivity contribution < 1.29 is 27.4 Å². The Labute approximate surface area is 242 Å². The van der Waals surface area contributed by atoms with Crippen LogP contribution in [0.5, 0.6) is 11.5 Å². The fourth-order valence-electron chi connectivity index (χ4n) is 4.24. The molecule has 0 spiro atoms. The van der Waals surface area contributed by atoms with E-state index in [2.05, 4.69) is 50.2 Å². The zero-order valence-corrected chi connectivity index (χ0v) is 23.7. The van der Waals surface area contributed by atoms with Crippen LogP contribution in [0.2, 0.25) is 0 Å². The van der Waals surface area contributed by atoms with Crippen molar-refractivity contribution in [3.63, 3.8) is 0 Å². The molecule has 4 rings (SSSR count). The molecule has 0 aliphatic heterocycles. The minimum absolute atomic E-state index is 0.231. The minimum atomic E-state index is -4.78. The molecule has 0 unspecified atom stereocenters. The van der Waals surface area contributed by atoms with E-state index in [-0.39, 0.29) is 17.6 Å². The molecule has 0 radical (unpaired) electrons. The van der Waals surface area contributed by atoms with Crippen molar-refractivity contribution in [2.24, 2.45) is 0 Å². The third kappa shape index (κ3) is 7.97. The summed E-state index contributed by atoms with van der Waals surface area (Å²) in [5, 5.41) is 6.09. The highest BCUT2D eigenvalue weighted by Gasteiger charge is 2.31. The molecule has 4 aromatic rings. The van der Waals surface area contributed by atoms with Gasteiger partial charge in [0.25, 0.3) is 5.91 Å². The second-order valence-electron chi connectivity index (χ2n) is 9.45. The Morgan fingerprint density at radius 1 is 0.976 bits per heavy atom. The number of benzene rings is 3. The molecule has 1 aromatic heterocycles. The van der Waals surface area contributed by atoms with Crippen LogP contribution in [0.15, 0.2) is 72.9 Å². The van der Waals surface area contributed by atoms with Gasteiger partial charge in [-0.1, -0.05) is 26.0 Å². The number of aryl methyl sites for hydroxylation is 1. The van der Waals surface area contributed by atoms with Crippen LogP contribution < -0.4 is 20.1 Å². The highest BCUT2D eigenvalue weighted by atomic mass is 19.4. The lowest BCUT2D eigenvalue weighted by Gasteiger charge is -2.19. The van der Waals surface area contributed by atoms with Crippen LogP contribution in [0.3, 0.4) is 0 Å². The first-order chi connectivity index (χ1) is 20.1. The molecule has 0 aliphatic rings. The number of ether oxygens (including phenoxy) is 2. The van der Waals surface area contributed by atoms with Crippen molar-refractivity contribution >= 4 is 23.2 Å². The van der Waals surface area contributed by atoms with E-state index in [4.69, 9.17) is 4.74 Å². The van der Waals surface area contributed by atoms with Crippen molar-refractivity contribution in [2.45, 2.75) is 33.7 Å². The van der Waals surface area contributed by atoms with Crippen molar-refractivity contribution in [3.8, 4) is 22.8 Å². The summed E-state index contributed by atoms with van der Waals surface area (Å²) in [4.78, 5) is 24.1. The lowest BCUT2D eigenvalue weighted by molar-refractivity contribution is -0.274. The lowest BCUT2D eigenvalue weighted by atomic mass is 10.1. The van der Waals surface area contributed by atoms with Gasteiger partial charge in [0.2, 0.25) is 5.95 Å². The third-order valence-corrected chi connectivity index (χ3v) is 6.59. The van der Waals surface area contributed by atoms with Crippen molar-refractivity contribution in [1.82, 2.24) is 14.9 Å². The monoisotopic (exact) mass is 579 g/mol. The second kappa shape index (κ2) is 13.3. The third-order valence-electron chi connectivity index (χ3n) is 6.59. The number of halogens is 3. The number of carbonyl (C=O) groups is 1. The Morgan fingerprint density at radius 3 is 2.29 bits per heavy atom. The summed E-state index contributed by atoms with van der Waals surface area (Å²) in [5.74, 6) is 0.00240. The fraction of sp³-hybridized carbons (Fsp3) is 0.258. The number of alkyl halides is 3. The predicted octanol–water partition coefficient (Wildman–Crippen LogP) is 7.20. The first-order valence-corrected chi connectivity index (χ1v) is 13.4. The van der Waals surface area contributed by atoms with Crippen LogP contribution in [-0.2, 0) is 6.54 Å². The summed E-state index contributed by atoms with van der Waals surface area (Å²) >= 11 is 0. The van der Waals surface area contributed by atoms with Gasteiger partial charge in [-0.25, -0.2) is 9.97 Å². The van der Waals surface area contributed by atoms with Gasteiger partial charge in [-0.05, 0) is 85.7 Å². The van der Waals surface area contributed by atoms with Crippen LogP contribution in [-0.4, -0.2) is 47.3 Å². The van der Waals surface area contributed by atoms with Crippen LogP contribution >= 0.6 is 0 Å². The molecule has 0 aliphatic carbocycles. The molecule has 3 aromatic carbocycles. The number of hydrogen-bond acceptors (Lipinski definition) is 7. The molecule has 0 saturated heterocycles. The molecule has 8 nitrogen and oxygen atoms in total. The lowest BCUT2D eigenvalue weighted by Crippen LogP contribution is -2.22. The van der Waals surface area contributed by atoms with Crippen molar-refractivity contribution in [1.29, 1.82) is 0 Å². The second-order valence-corrected chi connectivity index (χ2v) is 9.45. The van der Waals surface area contributed by atoms with Gasteiger partial charge < -0.3 is 20.1 Å². The molecule has 2 N–H and O–H groups in total. The van der Waals surface area contributed by atoms with Gasteiger partial charge in [-0.15, -0.1) is 13.2 Å². The van der Waals surface area contributed by atoms with E-state index in [0.29, 0.717) is 28.3 Å². The van der Waals surface area contributed by atoms with Crippen molar-refractivity contribution in [2.75, 3.05) is 30.8 Å². The number of nitrogens with zero attached hydrogens (tertiary/aromatic N) is 3. The molecule has 220 valence electrons. The molecular formula is C31H32F3N5O3. The minimum Gasteiger partial charge on any atom is -0.493 e. The van der Waals surface area contributed by atoms with Gasteiger partial charge in [0.15, 0.2) is 5.75 Å². The Hall–Kier alpha value is -4.64. The summed E-state index contributed by atoms with van der Waals surface area (Å²) < 4.78 is 46.8. The number of anilines is 3. The molecule has 1 amide bonds. The maximum Gasteiger partial charge on any atom is 0.573 e. The van der Waals surface area contributed by atoms with Gasteiger partial charge in [0.05, 0.1) is 13.3 Å². The van der Waals surface area contributed by atoms with E-state index >= 15 is 0 Å². The van der Waals surface area contributed by atoms with E-state index in [1.54, 1.807) is 24.3 Å². The standard InChI is InChI=1S/C31H32F3N5O3/c1-5-39(6-2)19-21-8-7-20(3)26(17-21)37-29(40)23-9-13-24(14-10-23)36-30-35-18-27(41-4)28(38-30)22-11-15-25(16-12-22)42-31(32,33)34/h7-18H,5-6,19H2,1-4H3,(H,37,40)(H,35,36,38). The fourth-order valence-corrected chi connectivity index (χ4v) is 4.24. The van der Waals surface area contributed by atoms with Gasteiger partial charge in [0, 0.05) is 29.0 Å². The summed E-state index contributed by atoms with van der Waals surface area (Å²) in [6, 6.07) is 18.2. The number of nitrogens with one attached hydrogen (secondary N) is 2. The number of methoxy groups -OCH3 is 1. The van der Waals surface area contributed by atoms with E-state index in [9.17, 15) is 18.0 Å². The van der Waals surface area contributed by atoms with E-state index in [1.165, 1.54) is 37.6 Å². The Balaban J connectivity index is 1.46. The molecule has 0 atom stereocenters. The molecule has 0 fully saturated rings. The summed E-state index contributed by atoms with van der Waals surface area (Å²) in [6.07, 6.45) is -3.32. The highest BCUT2D eigenvalue weighted by molar-refractivity contribution is 6.04. The normalized spacial score (nSPS) is 11.3. The summed E-state index contributed by atoms with van der Waals surface area (Å²) in [5.41, 5.74) is 4.87. The van der Waals surface area contributed by atoms with Crippen LogP contribution in [0.4, 0.5) is 30.5 Å². The van der Waals surface area contributed by atoms with Gasteiger partial charge in [-0.2, -0.15) is 0 Å². The number of rotatable bonds is 11. The van der Waals surface area contributed by atoms with E-state index < -0.39 is 6.36 Å². The maximum absolute atomic E-state index is 13.0. The average Bonchev–Trinajstić information content (AvgIpc) is 2.97. The molecular weight excluding hydrogens is 547 g/mol. The molecule has 0 saturated carbocycles. The number of carbonyl (C=O) groups excluding carboxylic acids is 1. The number of hydrogen-bond donors (Lipinski definition) is 2. The molecule has 42 heavy (non-hydrogen) atoms. The molecule has 11 heteroatoms. The van der Waals surface area contributed by atoms with Crippen LogP contribution in [0.1, 0.15) is 35.3 Å². The maximum atomic E-state index is 13.0. The first-order valence-electron chi connectivity index (χ1n) is 13.4. The zero-order valence-electron chi connectivity index (χ0n) is 23.7. The van der Waals surface area contributed by atoms with Gasteiger partial charge in [-0.3, -0.25) is 9.69 Å². The predicted molar refractivity (Wildman–Crippen MR) is 156 cm³/mol. The highest BCUT2D eigenvalue weighted by Crippen LogP contribution is 2.31. The van der Waals surface area contributed by atoms with Gasteiger partial charge >= 0.3 is 6.36 Å². The Bertz CT molecular complexity index is 1510. The average molecular weight is 580 g/mol. The SMILES string of the molecule is CCN(CC)Cc1ccc(C)c(NC(=O)c2ccc(Nc3ncc(OC)c(-c4ccc(OC(F)(F)F)cc4)n3)cc2)c1. The smallest absolute Gasteiger partial charge is 0.493 e. The number of amides is 1. The Kier molecular flexibility index (Phi) is 9.64. The number of aromatic nitrogens is 2. The largest absolute Gasteiger partial charge is 0.573 e. The summed E-state index contributed by atoms with van der Waals surface area (Å²) in [6.45, 7) is 8.91. The van der Waals surface area contributed by atoms with Gasteiger partial charge in [0.1, 0.15) is 11.4 Å². The van der Waals surface area contributed by atoms with Crippen molar-refractivity contribution in [3.05, 3.63) is 89.6 Å². The first kappa shape index (κ1) is 30.3. The zero-order chi connectivity index (χ0) is 30.3. The quantitative estimate of drug-likeness (QED) is 0.194. The Morgan fingerprint density at radius 2 is 1.67 bits per heavy atom.